The number of carbonyl (C=O) groups is 1. The zero-order valence-corrected chi connectivity index (χ0v) is 18.7. The molecule has 0 aliphatic carbocycles. The lowest BCUT2D eigenvalue weighted by molar-refractivity contribution is -0.132. The minimum atomic E-state index is -0.0442. The van der Waals surface area contributed by atoms with Crippen molar-refractivity contribution in [2.75, 3.05) is 20.8 Å². The fraction of sp³-hybridized carbons (Fsp3) is 0.348. The standard InChI is InChI=1S/C23H26N4O3S/c1-15-6-8-16(9-7-15)22-24-25-23(31)27(22)14-21(28)26-12-4-5-19(26)18-11-10-17(29-2)13-20(18)30-3/h6-11,13,19H,4-5,12,14H2,1-3H3,(H,25,31). The predicted octanol–water partition coefficient (Wildman–Crippen LogP) is 4.30. The summed E-state index contributed by atoms with van der Waals surface area (Å²) in [5.74, 6) is 2.12. The number of aromatic nitrogens is 3. The molecule has 2 heterocycles. The van der Waals surface area contributed by atoms with E-state index >= 15 is 0 Å². The number of hydrogen-bond donors (Lipinski definition) is 1. The van der Waals surface area contributed by atoms with Crippen LogP contribution in [0.2, 0.25) is 0 Å². The Labute approximate surface area is 186 Å². The first-order valence-electron chi connectivity index (χ1n) is 10.3. The molecule has 0 radical (unpaired) electrons. The number of aryl methyl sites for hydroxylation is 1. The van der Waals surface area contributed by atoms with Crippen molar-refractivity contribution in [3.8, 4) is 22.9 Å². The monoisotopic (exact) mass is 438 g/mol. The van der Waals surface area contributed by atoms with Crippen molar-refractivity contribution in [3.63, 3.8) is 0 Å². The Hall–Kier alpha value is -3.13. The summed E-state index contributed by atoms with van der Waals surface area (Å²) >= 11 is 5.42. The van der Waals surface area contributed by atoms with Gasteiger partial charge in [-0.1, -0.05) is 29.8 Å². The van der Waals surface area contributed by atoms with Gasteiger partial charge in [0.05, 0.1) is 20.3 Å². The minimum Gasteiger partial charge on any atom is -0.497 e. The maximum Gasteiger partial charge on any atom is 0.243 e. The van der Waals surface area contributed by atoms with Gasteiger partial charge < -0.3 is 14.4 Å². The highest BCUT2D eigenvalue weighted by atomic mass is 32.1. The number of H-pyrrole nitrogens is 1. The number of methoxy groups -OCH3 is 2. The van der Waals surface area contributed by atoms with Crippen LogP contribution >= 0.6 is 12.2 Å². The van der Waals surface area contributed by atoms with E-state index in [-0.39, 0.29) is 18.5 Å². The van der Waals surface area contributed by atoms with E-state index < -0.39 is 0 Å². The Kier molecular flexibility index (Phi) is 6.08. The first-order chi connectivity index (χ1) is 15.0. The molecule has 3 aromatic rings. The highest BCUT2D eigenvalue weighted by Crippen LogP contribution is 2.39. The van der Waals surface area contributed by atoms with Crippen LogP contribution in [0.4, 0.5) is 0 Å². The van der Waals surface area contributed by atoms with E-state index in [0.29, 0.717) is 17.1 Å². The molecule has 4 rings (SSSR count). The van der Waals surface area contributed by atoms with Gasteiger partial charge in [-0.25, -0.2) is 0 Å². The molecule has 162 valence electrons. The van der Waals surface area contributed by atoms with Gasteiger partial charge in [-0.05, 0) is 44.1 Å². The van der Waals surface area contributed by atoms with Crippen LogP contribution < -0.4 is 9.47 Å². The van der Waals surface area contributed by atoms with E-state index in [9.17, 15) is 4.79 Å². The summed E-state index contributed by atoms with van der Waals surface area (Å²) in [6.07, 6.45) is 1.82. The van der Waals surface area contributed by atoms with Crippen molar-refractivity contribution in [3.05, 3.63) is 58.4 Å². The Morgan fingerprint density at radius 3 is 2.68 bits per heavy atom. The lowest BCUT2D eigenvalue weighted by Crippen LogP contribution is -2.33. The third-order valence-electron chi connectivity index (χ3n) is 5.73. The van der Waals surface area contributed by atoms with Crippen LogP contribution in [0, 0.1) is 11.7 Å². The van der Waals surface area contributed by atoms with Gasteiger partial charge in [0.1, 0.15) is 18.0 Å². The van der Waals surface area contributed by atoms with Crippen LogP contribution in [0.1, 0.15) is 30.0 Å². The first kappa shape index (κ1) is 21.1. The van der Waals surface area contributed by atoms with Crippen molar-refractivity contribution >= 4 is 18.1 Å². The molecule has 1 amide bonds. The smallest absolute Gasteiger partial charge is 0.243 e. The van der Waals surface area contributed by atoms with E-state index in [1.807, 2.05) is 54.3 Å². The van der Waals surface area contributed by atoms with E-state index in [1.165, 1.54) is 0 Å². The normalized spacial score (nSPS) is 15.8. The second-order valence-electron chi connectivity index (χ2n) is 7.66. The lowest BCUT2D eigenvalue weighted by atomic mass is 10.0. The molecule has 1 N–H and O–H groups in total. The maximum atomic E-state index is 13.4. The minimum absolute atomic E-state index is 0.00577. The molecule has 0 saturated carbocycles. The Balaban J connectivity index is 1.60. The summed E-state index contributed by atoms with van der Waals surface area (Å²) in [4.78, 5) is 15.3. The Morgan fingerprint density at radius 2 is 1.97 bits per heavy atom. The van der Waals surface area contributed by atoms with Crippen LogP contribution in [-0.2, 0) is 11.3 Å². The van der Waals surface area contributed by atoms with Gasteiger partial charge >= 0.3 is 0 Å². The number of hydrogen-bond acceptors (Lipinski definition) is 5. The zero-order chi connectivity index (χ0) is 22.0. The number of nitrogens with zero attached hydrogens (tertiary/aromatic N) is 3. The molecule has 2 aromatic carbocycles. The van der Waals surface area contributed by atoms with Crippen molar-refractivity contribution < 1.29 is 14.3 Å². The number of benzene rings is 2. The largest absolute Gasteiger partial charge is 0.497 e. The topological polar surface area (TPSA) is 72.4 Å². The van der Waals surface area contributed by atoms with Crippen LogP contribution in [0.25, 0.3) is 11.4 Å². The van der Waals surface area contributed by atoms with Crippen molar-refractivity contribution in [1.82, 2.24) is 19.7 Å². The summed E-state index contributed by atoms with van der Waals surface area (Å²) in [7, 11) is 3.26. The molecule has 0 spiro atoms. The fourth-order valence-corrected chi connectivity index (χ4v) is 4.29. The number of aromatic amines is 1. The molecular weight excluding hydrogens is 412 g/mol. The van der Waals surface area contributed by atoms with E-state index in [1.54, 1.807) is 18.8 Å². The van der Waals surface area contributed by atoms with Crippen molar-refractivity contribution in [1.29, 1.82) is 0 Å². The summed E-state index contributed by atoms with van der Waals surface area (Å²) in [6.45, 7) is 2.86. The van der Waals surface area contributed by atoms with Gasteiger partial charge in [0.25, 0.3) is 0 Å². The van der Waals surface area contributed by atoms with E-state index in [4.69, 9.17) is 21.7 Å². The summed E-state index contributed by atoms with van der Waals surface area (Å²) in [5, 5.41) is 7.19. The average molecular weight is 439 g/mol. The SMILES string of the molecule is COc1ccc(C2CCCN2C(=O)Cn2c(-c3ccc(C)cc3)n[nH]c2=S)c(OC)c1. The third kappa shape index (κ3) is 4.20. The van der Waals surface area contributed by atoms with Crippen LogP contribution in [0.3, 0.4) is 0 Å². The van der Waals surface area contributed by atoms with Gasteiger partial charge in [-0.3, -0.25) is 14.5 Å². The summed E-state index contributed by atoms with van der Waals surface area (Å²) in [6, 6.07) is 13.7. The molecule has 1 aliphatic rings. The van der Waals surface area contributed by atoms with Crippen LogP contribution in [0.15, 0.2) is 42.5 Å². The average Bonchev–Trinajstić information content (AvgIpc) is 3.41. The highest BCUT2D eigenvalue weighted by molar-refractivity contribution is 7.71. The molecule has 31 heavy (non-hydrogen) atoms. The highest BCUT2D eigenvalue weighted by Gasteiger charge is 2.32. The van der Waals surface area contributed by atoms with Gasteiger partial charge in [0.15, 0.2) is 10.6 Å². The fourth-order valence-electron chi connectivity index (χ4n) is 4.10. The predicted molar refractivity (Wildman–Crippen MR) is 121 cm³/mol. The molecule has 1 atom stereocenters. The van der Waals surface area contributed by atoms with E-state index in [0.717, 1.165) is 41.0 Å². The number of carbonyl (C=O) groups excluding carboxylic acids is 1. The Morgan fingerprint density at radius 1 is 1.19 bits per heavy atom. The molecular formula is C23H26N4O3S. The molecule has 1 aromatic heterocycles. The van der Waals surface area contributed by atoms with E-state index in [2.05, 4.69) is 10.2 Å². The molecule has 0 bridgehead atoms. The molecule has 1 saturated heterocycles. The third-order valence-corrected chi connectivity index (χ3v) is 6.05. The molecule has 1 aliphatic heterocycles. The van der Waals surface area contributed by atoms with Gasteiger partial charge in [-0.15, -0.1) is 0 Å². The number of rotatable bonds is 6. The van der Waals surface area contributed by atoms with Crippen LogP contribution in [0.5, 0.6) is 11.5 Å². The van der Waals surface area contributed by atoms with Gasteiger partial charge in [-0.2, -0.15) is 5.10 Å². The molecule has 1 fully saturated rings. The zero-order valence-electron chi connectivity index (χ0n) is 17.9. The second kappa shape index (κ2) is 8.93. The van der Waals surface area contributed by atoms with Crippen molar-refractivity contribution in [2.24, 2.45) is 0 Å². The molecule has 7 nitrogen and oxygen atoms in total. The number of likely N-dealkylation sites (tertiary alicyclic amines) is 1. The summed E-state index contributed by atoms with van der Waals surface area (Å²) in [5.41, 5.74) is 3.07. The second-order valence-corrected chi connectivity index (χ2v) is 8.04. The maximum absolute atomic E-state index is 13.4. The van der Waals surface area contributed by atoms with Gasteiger partial charge in [0.2, 0.25) is 5.91 Å². The van der Waals surface area contributed by atoms with Gasteiger partial charge in [0, 0.05) is 23.7 Å². The first-order valence-corrected chi connectivity index (χ1v) is 10.7. The number of nitrogens with one attached hydrogen (secondary N) is 1. The Bertz CT molecular complexity index is 1140. The quantitative estimate of drug-likeness (QED) is 0.581. The number of ether oxygens (including phenoxy) is 2. The number of amides is 1. The summed E-state index contributed by atoms with van der Waals surface area (Å²) < 4.78 is 13.1. The van der Waals surface area contributed by atoms with Crippen LogP contribution in [-0.4, -0.2) is 46.3 Å². The lowest BCUT2D eigenvalue weighted by Gasteiger charge is -2.27. The molecule has 1 unspecified atom stereocenters. The van der Waals surface area contributed by atoms with Crippen molar-refractivity contribution in [2.45, 2.75) is 32.4 Å². The molecule has 8 heteroatoms.